The highest BCUT2D eigenvalue weighted by Gasteiger charge is 2.31. The van der Waals surface area contributed by atoms with Crippen molar-refractivity contribution in [3.05, 3.63) is 21.9 Å². The van der Waals surface area contributed by atoms with Gasteiger partial charge in [-0.05, 0) is 65.8 Å². The molecule has 130 valence electrons. The van der Waals surface area contributed by atoms with E-state index in [1.54, 1.807) is 0 Å². The molecule has 1 aromatic heterocycles. The van der Waals surface area contributed by atoms with E-state index in [1.165, 1.54) is 11.3 Å². The van der Waals surface area contributed by atoms with Crippen LogP contribution in [0.15, 0.2) is 12.1 Å². The fourth-order valence-electron chi connectivity index (χ4n) is 2.21. The van der Waals surface area contributed by atoms with E-state index >= 15 is 0 Å². The molecule has 6 heteroatoms. The van der Waals surface area contributed by atoms with Gasteiger partial charge in [0.2, 0.25) is 0 Å². The first-order valence-electron chi connectivity index (χ1n) is 8.06. The van der Waals surface area contributed by atoms with Crippen molar-refractivity contribution in [1.29, 1.82) is 0 Å². The Morgan fingerprint density at radius 3 is 2.38 bits per heavy atom. The Labute approximate surface area is 147 Å². The highest BCUT2D eigenvalue weighted by molar-refractivity contribution is 7.13. The molecule has 1 saturated carbocycles. The fourth-order valence-corrected chi connectivity index (χ4v) is 2.98. The molecule has 0 radical (unpaired) electrons. The fraction of sp³-hybridized carbons (Fsp3) is 0.556. The predicted molar refractivity (Wildman–Crippen MR) is 97.0 cm³/mol. The minimum absolute atomic E-state index is 0.0320. The lowest BCUT2D eigenvalue weighted by Crippen LogP contribution is -2.53. The van der Waals surface area contributed by atoms with Gasteiger partial charge in [-0.2, -0.15) is 0 Å². The van der Waals surface area contributed by atoms with Crippen LogP contribution < -0.4 is 10.6 Å². The molecule has 0 aliphatic heterocycles. The number of amides is 2. The van der Waals surface area contributed by atoms with Gasteiger partial charge in [-0.25, -0.2) is 0 Å². The van der Waals surface area contributed by atoms with Crippen molar-refractivity contribution >= 4 is 23.2 Å². The molecular formula is C18H25N3O2S. The van der Waals surface area contributed by atoms with Crippen molar-refractivity contribution in [3.63, 3.8) is 0 Å². The summed E-state index contributed by atoms with van der Waals surface area (Å²) >= 11 is 1.49. The first kappa shape index (κ1) is 18.5. The number of hydrogen-bond donors (Lipinski definition) is 2. The number of thiophene rings is 1. The Bertz CT molecular complexity index is 676. The average molecular weight is 347 g/mol. The third kappa shape index (κ3) is 4.83. The summed E-state index contributed by atoms with van der Waals surface area (Å²) in [5.41, 5.74) is -0.341. The van der Waals surface area contributed by atoms with Crippen LogP contribution in [0.3, 0.4) is 0 Å². The van der Waals surface area contributed by atoms with Gasteiger partial charge in [-0.15, -0.1) is 11.3 Å². The average Bonchev–Trinajstić information content (AvgIpc) is 2.89. The molecule has 0 spiro atoms. The van der Waals surface area contributed by atoms with E-state index in [0.717, 1.165) is 22.6 Å². The lowest BCUT2D eigenvalue weighted by Gasteiger charge is -2.35. The van der Waals surface area contributed by atoms with Crippen LogP contribution in [0.2, 0.25) is 0 Å². The highest BCUT2D eigenvalue weighted by atomic mass is 32.1. The zero-order chi connectivity index (χ0) is 17.9. The molecular weight excluding hydrogens is 322 g/mol. The van der Waals surface area contributed by atoms with Gasteiger partial charge in [-0.3, -0.25) is 14.5 Å². The van der Waals surface area contributed by atoms with Gasteiger partial charge in [0.25, 0.3) is 11.8 Å². The maximum absolute atomic E-state index is 12.1. The first-order valence-corrected chi connectivity index (χ1v) is 8.87. The monoisotopic (exact) mass is 347 g/mol. The molecule has 1 aliphatic carbocycles. The molecule has 2 N–H and O–H groups in total. The maximum Gasteiger partial charge on any atom is 0.296 e. The molecule has 0 bridgehead atoms. The molecule has 0 aromatic carbocycles. The molecule has 1 aromatic rings. The SMILES string of the molecule is Cc1ccc(C(=O)NC2CC(NC(=O)C#CC(C)(C)N(C)C)C2)s1. The van der Waals surface area contributed by atoms with Crippen molar-refractivity contribution < 1.29 is 9.59 Å². The van der Waals surface area contributed by atoms with Crippen molar-refractivity contribution in [3.8, 4) is 11.8 Å². The highest BCUT2D eigenvalue weighted by Crippen LogP contribution is 2.22. The summed E-state index contributed by atoms with van der Waals surface area (Å²) in [6.45, 7) is 5.91. The molecule has 2 amide bonds. The molecule has 0 atom stereocenters. The van der Waals surface area contributed by atoms with Crippen LogP contribution in [0.25, 0.3) is 0 Å². The summed E-state index contributed by atoms with van der Waals surface area (Å²) < 4.78 is 0. The largest absolute Gasteiger partial charge is 0.348 e. The zero-order valence-corrected chi connectivity index (χ0v) is 15.7. The van der Waals surface area contributed by atoms with E-state index in [0.29, 0.717) is 0 Å². The third-order valence-electron chi connectivity index (χ3n) is 4.37. The standard InChI is InChI=1S/C18H25N3O2S/c1-12-6-7-15(24-12)17(23)20-14-10-13(11-14)19-16(22)8-9-18(2,3)21(4)5/h6-7,13-14H,10-11H2,1-5H3,(H,19,22)(H,20,23). The minimum atomic E-state index is -0.341. The molecule has 0 unspecified atom stereocenters. The second-order valence-electron chi connectivity index (χ2n) is 6.93. The zero-order valence-electron chi connectivity index (χ0n) is 14.9. The number of nitrogens with zero attached hydrogens (tertiary/aromatic N) is 1. The molecule has 5 nitrogen and oxygen atoms in total. The normalized spacial score (nSPS) is 19.9. The molecule has 2 rings (SSSR count). The van der Waals surface area contributed by atoms with Crippen LogP contribution in [0.4, 0.5) is 0 Å². The van der Waals surface area contributed by atoms with Crippen molar-refractivity contribution in [2.24, 2.45) is 0 Å². The van der Waals surface area contributed by atoms with E-state index in [4.69, 9.17) is 0 Å². The Balaban J connectivity index is 1.74. The van der Waals surface area contributed by atoms with E-state index in [9.17, 15) is 9.59 Å². The number of carbonyl (C=O) groups is 2. The Hall–Kier alpha value is -1.84. The second kappa shape index (κ2) is 7.37. The Kier molecular flexibility index (Phi) is 5.68. The van der Waals surface area contributed by atoms with Crippen molar-refractivity contribution in [1.82, 2.24) is 15.5 Å². The predicted octanol–water partition coefficient (Wildman–Crippen LogP) is 1.78. The van der Waals surface area contributed by atoms with Gasteiger partial charge >= 0.3 is 0 Å². The van der Waals surface area contributed by atoms with Gasteiger partial charge < -0.3 is 10.6 Å². The van der Waals surface area contributed by atoms with Gasteiger partial charge in [0.05, 0.1) is 10.4 Å². The van der Waals surface area contributed by atoms with Crippen LogP contribution in [0, 0.1) is 18.8 Å². The quantitative estimate of drug-likeness (QED) is 0.816. The molecule has 1 aliphatic rings. The Morgan fingerprint density at radius 2 is 1.83 bits per heavy atom. The van der Waals surface area contributed by atoms with Gasteiger partial charge in [0.15, 0.2) is 0 Å². The summed E-state index contributed by atoms with van der Waals surface area (Å²) in [5.74, 6) is 5.35. The molecule has 0 saturated heterocycles. The summed E-state index contributed by atoms with van der Waals surface area (Å²) in [7, 11) is 3.86. The van der Waals surface area contributed by atoms with Crippen molar-refractivity contribution in [2.75, 3.05) is 14.1 Å². The van der Waals surface area contributed by atoms with Crippen LogP contribution in [-0.4, -0.2) is 48.4 Å². The lowest BCUT2D eigenvalue weighted by atomic mass is 9.86. The second-order valence-corrected chi connectivity index (χ2v) is 8.21. The third-order valence-corrected chi connectivity index (χ3v) is 5.37. The number of hydrogen-bond acceptors (Lipinski definition) is 4. The van der Waals surface area contributed by atoms with Gasteiger partial charge in [0, 0.05) is 17.0 Å². The van der Waals surface area contributed by atoms with Gasteiger partial charge in [0.1, 0.15) is 0 Å². The summed E-state index contributed by atoms with van der Waals surface area (Å²) in [5, 5.41) is 5.89. The maximum atomic E-state index is 12.1. The number of aryl methyl sites for hydroxylation is 1. The number of nitrogens with one attached hydrogen (secondary N) is 2. The molecule has 24 heavy (non-hydrogen) atoms. The van der Waals surface area contributed by atoms with E-state index < -0.39 is 0 Å². The minimum Gasteiger partial charge on any atom is -0.348 e. The molecule has 1 heterocycles. The summed E-state index contributed by atoms with van der Waals surface area (Å²) in [6, 6.07) is 3.99. The smallest absolute Gasteiger partial charge is 0.296 e. The summed E-state index contributed by atoms with van der Waals surface area (Å²) in [6.07, 6.45) is 1.50. The van der Waals surface area contributed by atoms with E-state index in [2.05, 4.69) is 22.5 Å². The van der Waals surface area contributed by atoms with Crippen LogP contribution >= 0.6 is 11.3 Å². The summed E-state index contributed by atoms with van der Waals surface area (Å²) in [4.78, 5) is 27.8. The van der Waals surface area contributed by atoms with Crippen LogP contribution in [0.1, 0.15) is 41.2 Å². The lowest BCUT2D eigenvalue weighted by molar-refractivity contribution is -0.117. The Morgan fingerprint density at radius 1 is 1.21 bits per heavy atom. The number of rotatable bonds is 4. The number of carbonyl (C=O) groups excluding carboxylic acids is 2. The van der Waals surface area contributed by atoms with E-state index in [1.807, 2.05) is 51.9 Å². The molecule has 1 fully saturated rings. The van der Waals surface area contributed by atoms with Crippen LogP contribution in [-0.2, 0) is 4.79 Å². The topological polar surface area (TPSA) is 61.4 Å². The van der Waals surface area contributed by atoms with E-state index in [-0.39, 0.29) is 29.4 Å². The van der Waals surface area contributed by atoms with Gasteiger partial charge in [-0.1, -0.05) is 5.92 Å². The van der Waals surface area contributed by atoms with Crippen LogP contribution in [0.5, 0.6) is 0 Å². The first-order chi connectivity index (χ1) is 11.2. The van der Waals surface area contributed by atoms with Crippen molar-refractivity contribution in [2.45, 2.75) is 51.2 Å².